The van der Waals surface area contributed by atoms with E-state index in [1.54, 1.807) is 24.3 Å². The third kappa shape index (κ3) is 4.86. The van der Waals surface area contributed by atoms with Crippen LogP contribution in [0.4, 0.5) is 20.4 Å². The maximum absolute atomic E-state index is 13.4. The van der Waals surface area contributed by atoms with Crippen molar-refractivity contribution in [3.05, 3.63) is 96.3 Å². The van der Waals surface area contributed by atoms with Crippen molar-refractivity contribution >= 4 is 11.6 Å². The van der Waals surface area contributed by atoms with Gasteiger partial charge in [0.25, 0.3) is 0 Å². The second-order valence-electron chi connectivity index (χ2n) is 8.94. The van der Waals surface area contributed by atoms with Gasteiger partial charge in [0.2, 0.25) is 0 Å². The summed E-state index contributed by atoms with van der Waals surface area (Å²) in [5, 5.41) is 0. The zero-order valence-electron chi connectivity index (χ0n) is 19.2. The molecule has 7 heteroatoms. The van der Waals surface area contributed by atoms with E-state index < -0.39 is 0 Å². The summed E-state index contributed by atoms with van der Waals surface area (Å²) in [6.45, 7) is 1.58. The summed E-state index contributed by atoms with van der Waals surface area (Å²) < 4.78 is 26.7. The molecule has 1 aliphatic heterocycles. The minimum absolute atomic E-state index is 0.0774. The summed E-state index contributed by atoms with van der Waals surface area (Å²) in [6, 6.07) is 20.8. The van der Waals surface area contributed by atoms with E-state index in [0.717, 1.165) is 59.6 Å². The molecule has 1 atom stereocenters. The molecule has 2 heterocycles. The Morgan fingerprint density at radius 1 is 0.743 bits per heavy atom. The Bertz CT molecular complexity index is 1280. The first-order chi connectivity index (χ1) is 17.0. The average Bonchev–Trinajstić information content (AvgIpc) is 2.89. The van der Waals surface area contributed by atoms with Crippen molar-refractivity contribution in [2.45, 2.75) is 18.9 Å². The SMILES string of the molecule is Nc1ncnc(N2CCC(C(N)c3ccc(-c4ccc(F)cc4)cc3)CC2)c1-c1ccc(F)cc1. The van der Waals surface area contributed by atoms with Crippen molar-refractivity contribution in [2.75, 3.05) is 23.7 Å². The number of benzene rings is 3. The Hall–Kier alpha value is -3.84. The Morgan fingerprint density at radius 3 is 1.83 bits per heavy atom. The van der Waals surface area contributed by atoms with Gasteiger partial charge < -0.3 is 16.4 Å². The lowest BCUT2D eigenvalue weighted by molar-refractivity contribution is 0.344. The Balaban J connectivity index is 1.28. The summed E-state index contributed by atoms with van der Waals surface area (Å²) in [7, 11) is 0. The van der Waals surface area contributed by atoms with Gasteiger partial charge in [0.1, 0.15) is 29.6 Å². The summed E-state index contributed by atoms with van der Waals surface area (Å²) in [4.78, 5) is 10.9. The van der Waals surface area contributed by atoms with Crippen LogP contribution in [0.2, 0.25) is 0 Å². The molecule has 4 N–H and O–H groups in total. The van der Waals surface area contributed by atoms with E-state index in [1.165, 1.54) is 30.6 Å². The topological polar surface area (TPSA) is 81.1 Å². The van der Waals surface area contributed by atoms with E-state index in [2.05, 4.69) is 27.0 Å². The van der Waals surface area contributed by atoms with Crippen LogP contribution in [0, 0.1) is 17.6 Å². The molecule has 1 unspecified atom stereocenters. The highest BCUT2D eigenvalue weighted by Crippen LogP contribution is 2.37. The van der Waals surface area contributed by atoms with Crippen molar-refractivity contribution in [1.82, 2.24) is 9.97 Å². The van der Waals surface area contributed by atoms with Gasteiger partial charge in [-0.3, -0.25) is 0 Å². The van der Waals surface area contributed by atoms with E-state index in [1.807, 2.05) is 12.1 Å². The van der Waals surface area contributed by atoms with Gasteiger partial charge in [0.05, 0.1) is 5.56 Å². The number of halogens is 2. The Morgan fingerprint density at radius 2 is 1.26 bits per heavy atom. The predicted molar refractivity (Wildman–Crippen MR) is 136 cm³/mol. The van der Waals surface area contributed by atoms with Crippen LogP contribution in [0.15, 0.2) is 79.1 Å². The molecule has 0 amide bonds. The van der Waals surface area contributed by atoms with Crippen LogP contribution in [0.5, 0.6) is 0 Å². The number of anilines is 2. The maximum atomic E-state index is 13.4. The molecular formula is C28H27F2N5. The smallest absolute Gasteiger partial charge is 0.142 e. The molecule has 0 bridgehead atoms. The molecule has 1 aromatic heterocycles. The van der Waals surface area contributed by atoms with Crippen molar-refractivity contribution in [3.63, 3.8) is 0 Å². The van der Waals surface area contributed by atoms with E-state index in [-0.39, 0.29) is 17.7 Å². The second kappa shape index (κ2) is 9.80. The number of nitrogen functional groups attached to an aromatic ring is 1. The van der Waals surface area contributed by atoms with Crippen LogP contribution in [-0.2, 0) is 0 Å². The minimum atomic E-state index is -0.300. The Kier molecular flexibility index (Phi) is 6.42. The van der Waals surface area contributed by atoms with E-state index in [4.69, 9.17) is 11.5 Å². The first-order valence-electron chi connectivity index (χ1n) is 11.7. The highest BCUT2D eigenvalue weighted by Gasteiger charge is 2.28. The number of hydrogen-bond acceptors (Lipinski definition) is 5. The van der Waals surface area contributed by atoms with Gasteiger partial charge >= 0.3 is 0 Å². The molecule has 3 aromatic carbocycles. The van der Waals surface area contributed by atoms with Crippen LogP contribution in [0.25, 0.3) is 22.3 Å². The molecule has 0 radical (unpaired) electrons. The van der Waals surface area contributed by atoms with E-state index in [0.29, 0.717) is 11.7 Å². The highest BCUT2D eigenvalue weighted by molar-refractivity contribution is 5.84. The third-order valence-electron chi connectivity index (χ3n) is 6.81. The van der Waals surface area contributed by atoms with Gasteiger partial charge in [-0.1, -0.05) is 48.5 Å². The quantitative estimate of drug-likeness (QED) is 0.397. The molecule has 0 spiro atoms. The molecule has 5 rings (SSSR count). The first-order valence-corrected chi connectivity index (χ1v) is 11.7. The van der Waals surface area contributed by atoms with Crippen molar-refractivity contribution < 1.29 is 8.78 Å². The maximum Gasteiger partial charge on any atom is 0.142 e. The lowest BCUT2D eigenvalue weighted by atomic mass is 9.85. The fourth-order valence-electron chi connectivity index (χ4n) is 4.81. The summed E-state index contributed by atoms with van der Waals surface area (Å²) in [5.74, 6) is 0.928. The molecule has 1 saturated heterocycles. The third-order valence-corrected chi connectivity index (χ3v) is 6.81. The van der Waals surface area contributed by atoms with Gasteiger partial charge in [0.15, 0.2) is 0 Å². The standard InChI is InChI=1S/C28H27F2N5/c29-23-9-5-19(6-10-23)18-1-3-21(4-2-18)26(31)22-13-15-35(16-14-22)28-25(27(32)33-17-34-28)20-7-11-24(30)12-8-20/h1-12,17,22,26H,13-16,31H2,(H2,32,33,34). The largest absolute Gasteiger partial charge is 0.383 e. The fraction of sp³-hybridized carbons (Fsp3) is 0.214. The molecule has 178 valence electrons. The lowest BCUT2D eigenvalue weighted by Gasteiger charge is -2.36. The van der Waals surface area contributed by atoms with Crippen molar-refractivity contribution in [1.29, 1.82) is 0 Å². The number of hydrogen-bond donors (Lipinski definition) is 2. The van der Waals surface area contributed by atoms with Gasteiger partial charge in [-0.25, -0.2) is 18.7 Å². The predicted octanol–water partition coefficient (Wildman–Crippen LogP) is 5.59. The zero-order valence-corrected chi connectivity index (χ0v) is 19.2. The number of nitrogens with zero attached hydrogens (tertiary/aromatic N) is 3. The molecular weight excluding hydrogens is 444 g/mol. The van der Waals surface area contributed by atoms with E-state index in [9.17, 15) is 8.78 Å². The number of nitrogens with two attached hydrogens (primary N) is 2. The van der Waals surface area contributed by atoms with Crippen molar-refractivity contribution in [2.24, 2.45) is 11.7 Å². The van der Waals surface area contributed by atoms with Crippen LogP contribution in [-0.4, -0.2) is 23.1 Å². The first kappa shape index (κ1) is 22.9. The molecule has 35 heavy (non-hydrogen) atoms. The monoisotopic (exact) mass is 471 g/mol. The summed E-state index contributed by atoms with van der Waals surface area (Å²) >= 11 is 0. The van der Waals surface area contributed by atoms with Crippen LogP contribution < -0.4 is 16.4 Å². The van der Waals surface area contributed by atoms with Crippen LogP contribution in [0.1, 0.15) is 24.4 Å². The lowest BCUT2D eigenvalue weighted by Crippen LogP contribution is -2.38. The molecule has 0 saturated carbocycles. The minimum Gasteiger partial charge on any atom is -0.383 e. The molecule has 0 aliphatic carbocycles. The van der Waals surface area contributed by atoms with Gasteiger partial charge in [-0.2, -0.15) is 0 Å². The molecule has 5 nitrogen and oxygen atoms in total. The van der Waals surface area contributed by atoms with Crippen LogP contribution in [0.3, 0.4) is 0 Å². The molecule has 1 fully saturated rings. The summed E-state index contributed by atoms with van der Waals surface area (Å²) in [6.07, 6.45) is 3.29. The highest BCUT2D eigenvalue weighted by atomic mass is 19.1. The van der Waals surface area contributed by atoms with Gasteiger partial charge in [-0.15, -0.1) is 0 Å². The summed E-state index contributed by atoms with van der Waals surface area (Å²) in [5.41, 5.74) is 17.5. The normalized spacial score (nSPS) is 15.2. The zero-order chi connectivity index (χ0) is 24.4. The number of piperidine rings is 1. The fourth-order valence-corrected chi connectivity index (χ4v) is 4.81. The van der Waals surface area contributed by atoms with Crippen molar-refractivity contribution in [3.8, 4) is 22.3 Å². The van der Waals surface area contributed by atoms with Crippen LogP contribution >= 0.6 is 0 Å². The van der Waals surface area contributed by atoms with E-state index >= 15 is 0 Å². The molecule has 1 aliphatic rings. The average molecular weight is 472 g/mol. The van der Waals surface area contributed by atoms with Gasteiger partial charge in [0, 0.05) is 19.1 Å². The van der Waals surface area contributed by atoms with Gasteiger partial charge in [-0.05, 0) is 65.3 Å². The molecule has 4 aromatic rings. The Labute approximate surface area is 203 Å². The number of rotatable bonds is 5. The number of aromatic nitrogens is 2. The second-order valence-corrected chi connectivity index (χ2v) is 8.94.